The van der Waals surface area contributed by atoms with Crippen LogP contribution in [0.1, 0.15) is 43.0 Å². The average molecular weight is 338 g/mol. The number of nitrogen functional groups attached to an aromatic ring is 1. The Balaban J connectivity index is 1.69. The van der Waals surface area contributed by atoms with Gasteiger partial charge in [-0.25, -0.2) is 0 Å². The Labute approximate surface area is 142 Å². The Hall–Kier alpha value is -1.46. The third-order valence-corrected chi connectivity index (χ3v) is 5.47. The molecule has 5 nitrogen and oxygen atoms in total. The number of methoxy groups -OCH3 is 1. The molecular weight excluding hydrogens is 314 g/mol. The van der Waals surface area contributed by atoms with Crippen LogP contribution in [-0.4, -0.2) is 42.6 Å². The number of ether oxygens (including phenoxy) is 1. The molecule has 3 rings (SSSR count). The molecule has 2 fully saturated rings. The van der Waals surface area contributed by atoms with Crippen molar-refractivity contribution in [1.29, 1.82) is 0 Å². The quantitative estimate of drug-likeness (QED) is 0.832. The minimum Gasteiger partial charge on any atom is -0.496 e. The Kier molecular flexibility index (Phi) is 4.69. The van der Waals surface area contributed by atoms with Gasteiger partial charge in [0.15, 0.2) is 0 Å². The van der Waals surface area contributed by atoms with Gasteiger partial charge in [0.05, 0.1) is 23.4 Å². The zero-order valence-electron chi connectivity index (χ0n) is 13.6. The first kappa shape index (κ1) is 16.4. The molecule has 0 bridgehead atoms. The van der Waals surface area contributed by atoms with Gasteiger partial charge < -0.3 is 15.8 Å². The van der Waals surface area contributed by atoms with Gasteiger partial charge in [-0.3, -0.25) is 9.69 Å². The monoisotopic (exact) mass is 337 g/mol. The van der Waals surface area contributed by atoms with E-state index >= 15 is 0 Å². The molecule has 0 radical (unpaired) electrons. The lowest BCUT2D eigenvalue weighted by Gasteiger charge is -2.37. The molecule has 0 spiro atoms. The number of benzene rings is 1. The van der Waals surface area contributed by atoms with Gasteiger partial charge in [0.2, 0.25) is 0 Å². The molecule has 6 heteroatoms. The number of nitrogens with two attached hydrogens (primary N) is 1. The fourth-order valence-corrected chi connectivity index (χ4v) is 4.01. The first-order valence-electron chi connectivity index (χ1n) is 8.19. The molecule has 126 valence electrons. The summed E-state index contributed by atoms with van der Waals surface area (Å²) >= 11 is 6.05. The molecule has 3 unspecified atom stereocenters. The van der Waals surface area contributed by atoms with Crippen LogP contribution in [-0.2, 0) is 0 Å². The van der Waals surface area contributed by atoms with Gasteiger partial charge in [0.25, 0.3) is 5.91 Å². The molecule has 2 saturated heterocycles. The summed E-state index contributed by atoms with van der Waals surface area (Å²) in [5, 5.41) is 3.51. The Morgan fingerprint density at radius 3 is 2.91 bits per heavy atom. The van der Waals surface area contributed by atoms with Gasteiger partial charge >= 0.3 is 0 Å². The third-order valence-electron chi connectivity index (χ3n) is 5.14. The normalized spacial score (nSPS) is 27.5. The van der Waals surface area contributed by atoms with E-state index in [0.29, 0.717) is 34.1 Å². The SMILES string of the molecule is COc1cc(N)c(Cl)cc1C(=O)NC1CCN2C(C)CCC2C1. The number of carbonyl (C=O) groups is 1. The lowest BCUT2D eigenvalue weighted by atomic mass is 9.97. The summed E-state index contributed by atoms with van der Waals surface area (Å²) in [7, 11) is 1.53. The molecule has 23 heavy (non-hydrogen) atoms. The first-order chi connectivity index (χ1) is 11.0. The Bertz CT molecular complexity index is 608. The minimum absolute atomic E-state index is 0.145. The molecule has 2 heterocycles. The Morgan fingerprint density at radius 1 is 1.39 bits per heavy atom. The maximum absolute atomic E-state index is 12.6. The number of fused-ring (bicyclic) bond motifs is 1. The van der Waals surface area contributed by atoms with Gasteiger partial charge in [-0.1, -0.05) is 11.6 Å². The van der Waals surface area contributed by atoms with Crippen molar-refractivity contribution in [2.24, 2.45) is 0 Å². The van der Waals surface area contributed by atoms with E-state index in [1.165, 1.54) is 20.0 Å². The van der Waals surface area contributed by atoms with Crippen LogP contribution in [0.25, 0.3) is 0 Å². The van der Waals surface area contributed by atoms with Crippen LogP contribution in [0.2, 0.25) is 5.02 Å². The molecule has 0 aromatic heterocycles. The smallest absolute Gasteiger partial charge is 0.255 e. The minimum atomic E-state index is -0.145. The van der Waals surface area contributed by atoms with Crippen LogP contribution in [0.5, 0.6) is 5.75 Å². The van der Waals surface area contributed by atoms with Crippen LogP contribution >= 0.6 is 11.6 Å². The average Bonchev–Trinajstić information content (AvgIpc) is 2.90. The van der Waals surface area contributed by atoms with Crippen molar-refractivity contribution in [3.05, 3.63) is 22.7 Å². The van der Waals surface area contributed by atoms with E-state index in [4.69, 9.17) is 22.1 Å². The number of hydrogen-bond acceptors (Lipinski definition) is 4. The van der Waals surface area contributed by atoms with Crippen LogP contribution in [0, 0.1) is 0 Å². The van der Waals surface area contributed by atoms with Crippen LogP contribution in [0.3, 0.4) is 0 Å². The predicted octanol–water partition coefficient (Wildman–Crippen LogP) is 2.68. The van der Waals surface area contributed by atoms with E-state index in [-0.39, 0.29) is 11.9 Å². The summed E-state index contributed by atoms with van der Waals surface area (Å²) in [5.41, 5.74) is 6.62. The number of hydrogen-bond donors (Lipinski definition) is 2. The second-order valence-corrected chi connectivity index (χ2v) is 6.99. The molecule has 1 aromatic carbocycles. The number of nitrogens with zero attached hydrogens (tertiary/aromatic N) is 1. The molecule has 0 saturated carbocycles. The summed E-state index contributed by atoms with van der Waals surface area (Å²) in [4.78, 5) is 15.2. The van der Waals surface area contributed by atoms with Crippen molar-refractivity contribution < 1.29 is 9.53 Å². The molecule has 2 aliphatic heterocycles. The maximum atomic E-state index is 12.6. The van der Waals surface area contributed by atoms with Gasteiger partial charge in [0.1, 0.15) is 5.75 Å². The largest absolute Gasteiger partial charge is 0.496 e. The van der Waals surface area contributed by atoms with Crippen molar-refractivity contribution in [2.45, 2.75) is 50.7 Å². The molecule has 0 aliphatic carbocycles. The predicted molar refractivity (Wildman–Crippen MR) is 92.1 cm³/mol. The number of amides is 1. The highest BCUT2D eigenvalue weighted by molar-refractivity contribution is 6.33. The summed E-state index contributed by atoms with van der Waals surface area (Å²) < 4.78 is 5.27. The topological polar surface area (TPSA) is 67.6 Å². The zero-order valence-corrected chi connectivity index (χ0v) is 14.4. The second-order valence-electron chi connectivity index (χ2n) is 6.59. The van der Waals surface area contributed by atoms with Gasteiger partial charge in [-0.15, -0.1) is 0 Å². The molecule has 1 amide bonds. The Morgan fingerprint density at radius 2 is 2.17 bits per heavy atom. The summed E-state index contributed by atoms with van der Waals surface area (Å²) in [6.07, 6.45) is 4.48. The number of halogens is 1. The van der Waals surface area contributed by atoms with E-state index in [1.54, 1.807) is 12.1 Å². The lowest BCUT2D eigenvalue weighted by molar-refractivity contribution is 0.0872. The highest BCUT2D eigenvalue weighted by atomic mass is 35.5. The number of piperidine rings is 1. The zero-order chi connectivity index (χ0) is 16.6. The van der Waals surface area contributed by atoms with Crippen molar-refractivity contribution in [3.63, 3.8) is 0 Å². The van der Waals surface area contributed by atoms with Gasteiger partial charge in [-0.05, 0) is 38.7 Å². The first-order valence-corrected chi connectivity index (χ1v) is 8.57. The fourth-order valence-electron chi connectivity index (χ4n) is 3.84. The number of anilines is 1. The molecule has 2 aliphatic rings. The molecule has 3 N–H and O–H groups in total. The van der Waals surface area contributed by atoms with Crippen LogP contribution in [0.4, 0.5) is 5.69 Å². The summed E-state index contributed by atoms with van der Waals surface area (Å²) in [6, 6.07) is 4.65. The van der Waals surface area contributed by atoms with E-state index in [0.717, 1.165) is 19.4 Å². The molecular formula is C17H24ClN3O2. The van der Waals surface area contributed by atoms with Gasteiger partial charge in [0, 0.05) is 30.7 Å². The highest BCUT2D eigenvalue weighted by Crippen LogP contribution is 2.32. The summed E-state index contributed by atoms with van der Waals surface area (Å²) in [5.74, 6) is 0.310. The van der Waals surface area contributed by atoms with Gasteiger partial charge in [-0.2, -0.15) is 0 Å². The van der Waals surface area contributed by atoms with Crippen LogP contribution < -0.4 is 15.8 Å². The number of rotatable bonds is 3. The number of carbonyl (C=O) groups excluding carboxylic acids is 1. The summed E-state index contributed by atoms with van der Waals surface area (Å²) in [6.45, 7) is 3.34. The van der Waals surface area contributed by atoms with E-state index < -0.39 is 0 Å². The maximum Gasteiger partial charge on any atom is 0.255 e. The van der Waals surface area contributed by atoms with Crippen molar-refractivity contribution in [1.82, 2.24) is 10.2 Å². The van der Waals surface area contributed by atoms with Crippen molar-refractivity contribution >= 4 is 23.2 Å². The van der Waals surface area contributed by atoms with E-state index in [1.807, 2.05) is 0 Å². The van der Waals surface area contributed by atoms with E-state index in [9.17, 15) is 4.79 Å². The second kappa shape index (κ2) is 6.57. The molecule has 3 atom stereocenters. The molecule has 1 aromatic rings. The third kappa shape index (κ3) is 3.26. The van der Waals surface area contributed by atoms with Crippen LogP contribution in [0.15, 0.2) is 12.1 Å². The number of nitrogens with one attached hydrogen (secondary N) is 1. The standard InChI is InChI=1S/C17H24ClN3O2/c1-10-3-4-12-7-11(5-6-21(10)12)20-17(22)13-8-14(18)15(19)9-16(13)23-2/h8-12H,3-7,19H2,1-2H3,(H,20,22). The fraction of sp³-hybridized carbons (Fsp3) is 0.588. The van der Waals surface area contributed by atoms with E-state index in [2.05, 4.69) is 17.1 Å². The highest BCUT2D eigenvalue weighted by Gasteiger charge is 2.36. The lowest BCUT2D eigenvalue weighted by Crippen LogP contribution is -2.49. The van der Waals surface area contributed by atoms with Crippen molar-refractivity contribution in [2.75, 3.05) is 19.4 Å². The van der Waals surface area contributed by atoms with Crippen molar-refractivity contribution in [3.8, 4) is 5.75 Å².